The Hall–Kier alpha value is -1.67. The van der Waals surface area contributed by atoms with Crippen molar-refractivity contribution >= 4 is 39.6 Å². The van der Waals surface area contributed by atoms with E-state index in [2.05, 4.69) is 26.1 Å². The van der Waals surface area contributed by atoms with Crippen LogP contribution < -0.4 is 5.32 Å². The zero-order chi connectivity index (χ0) is 40.4. The van der Waals surface area contributed by atoms with E-state index in [0.717, 1.165) is 29.2 Å². The molecule has 0 radical (unpaired) electrons. The second-order valence-corrected chi connectivity index (χ2v) is 19.7. The van der Waals surface area contributed by atoms with Crippen LogP contribution in [0.1, 0.15) is 72.1 Å². The molecule has 1 N–H and O–H groups in total. The number of ether oxygens (including phenoxy) is 11. The molecule has 326 valence electrons. The van der Waals surface area contributed by atoms with Crippen molar-refractivity contribution in [2.75, 3.05) is 91.6 Å². The van der Waals surface area contributed by atoms with Gasteiger partial charge >= 0.3 is 12.1 Å². The fourth-order valence-electron chi connectivity index (χ4n) is 10.8. The molecule has 4 saturated heterocycles. The fourth-order valence-corrected chi connectivity index (χ4v) is 13.9. The van der Waals surface area contributed by atoms with Crippen molar-refractivity contribution < 1.29 is 66.5 Å². The predicted octanol–water partition coefficient (Wildman–Crippen LogP) is 4.18. The van der Waals surface area contributed by atoms with E-state index in [1.807, 2.05) is 21.6 Å². The molecule has 17 heteroatoms. The molecule has 5 aliphatic heterocycles. The van der Waals surface area contributed by atoms with Gasteiger partial charge in [0.25, 0.3) is 0 Å². The Morgan fingerprint density at radius 2 is 1.60 bits per heavy atom. The van der Waals surface area contributed by atoms with Gasteiger partial charge in [0.15, 0.2) is 11.7 Å². The van der Waals surface area contributed by atoms with Crippen LogP contribution in [0.2, 0.25) is 0 Å². The minimum absolute atomic E-state index is 0.0218. The topological polar surface area (TPSA) is 175 Å². The first-order valence-corrected chi connectivity index (χ1v) is 23.8. The van der Waals surface area contributed by atoms with E-state index in [-0.39, 0.29) is 55.1 Å². The van der Waals surface area contributed by atoms with Crippen LogP contribution in [0.4, 0.5) is 4.79 Å². The van der Waals surface area contributed by atoms with Crippen LogP contribution in [0.5, 0.6) is 0 Å². The van der Waals surface area contributed by atoms with Crippen LogP contribution >= 0.6 is 21.6 Å². The number of esters is 1. The number of hydrogen-bond donors (Lipinski definition) is 1. The lowest BCUT2D eigenvalue weighted by Crippen LogP contribution is -2.69. The van der Waals surface area contributed by atoms with E-state index in [9.17, 15) is 14.4 Å². The highest BCUT2D eigenvalue weighted by Gasteiger charge is 3.01. The number of amides is 1. The van der Waals surface area contributed by atoms with Gasteiger partial charge in [-0.15, -0.1) is 0 Å². The molecular formula is C41H61NO14S2. The Morgan fingerprint density at radius 1 is 0.914 bits per heavy atom. The normalized spacial score (nSPS) is 37.2. The molecule has 15 nitrogen and oxygen atoms in total. The van der Waals surface area contributed by atoms with E-state index >= 15 is 0 Å². The van der Waals surface area contributed by atoms with Crippen LogP contribution in [0.25, 0.3) is 0 Å². The van der Waals surface area contributed by atoms with Gasteiger partial charge in [-0.1, -0.05) is 48.8 Å². The van der Waals surface area contributed by atoms with Gasteiger partial charge in [0.1, 0.15) is 30.0 Å². The third kappa shape index (κ3) is 7.96. The summed E-state index contributed by atoms with van der Waals surface area (Å²) in [5.41, 5.74) is -0.814. The maximum absolute atomic E-state index is 13.2. The standard InChI is InChI=1S/C41H61NO14S2/c1-26(2)39-34(55-39)27(3)41-38(56-41)10-8-29-30(25-52-35(29)44)31(38)24-32-40(41,54-32)36(39)53-37(45)51-22-21-50-20-19-49-18-17-48-16-15-47-14-13-46-12-11-42-33(43)7-5-4-6-28-9-23-57-58-28/h26-28,31-32,34,36H,4-25H2,1-3H3,(H,42,43)/t27-,28?,31-,32-,34-,36+,38+,39-,40+,41+/m0/s1. The zero-order valence-electron chi connectivity index (χ0n) is 34.1. The summed E-state index contributed by atoms with van der Waals surface area (Å²) in [6, 6.07) is 0. The average molecular weight is 856 g/mol. The average Bonchev–Trinajstić information content (AvgIpc) is 4.15. The first-order valence-electron chi connectivity index (χ1n) is 21.4. The van der Waals surface area contributed by atoms with Crippen LogP contribution in [0.15, 0.2) is 11.1 Å². The molecule has 0 bridgehead atoms. The van der Waals surface area contributed by atoms with Crippen LogP contribution in [-0.4, -0.2) is 156 Å². The first kappa shape index (κ1) is 43.0. The molecule has 8 rings (SSSR count). The third-order valence-corrected chi connectivity index (χ3v) is 16.6. The predicted molar refractivity (Wildman–Crippen MR) is 211 cm³/mol. The summed E-state index contributed by atoms with van der Waals surface area (Å²) < 4.78 is 65.0. The maximum atomic E-state index is 13.2. The molecule has 3 spiro atoms. The molecule has 10 atom stereocenters. The molecule has 5 heterocycles. The maximum Gasteiger partial charge on any atom is 0.508 e. The van der Waals surface area contributed by atoms with Gasteiger partial charge in [-0.3, -0.25) is 4.79 Å². The van der Waals surface area contributed by atoms with E-state index in [4.69, 9.17) is 52.1 Å². The summed E-state index contributed by atoms with van der Waals surface area (Å²) >= 11 is 0. The minimum Gasteiger partial charge on any atom is -0.458 e. The summed E-state index contributed by atoms with van der Waals surface area (Å²) in [5.74, 6) is 1.27. The highest BCUT2D eigenvalue weighted by molar-refractivity contribution is 8.77. The Balaban J connectivity index is 0.638. The van der Waals surface area contributed by atoms with E-state index in [0.29, 0.717) is 98.3 Å². The van der Waals surface area contributed by atoms with E-state index < -0.39 is 34.7 Å². The number of rotatable bonds is 25. The molecule has 58 heavy (non-hydrogen) atoms. The lowest BCUT2D eigenvalue weighted by atomic mass is 9.51. The molecule has 0 aromatic carbocycles. The van der Waals surface area contributed by atoms with Crippen LogP contribution in [0, 0.1) is 17.8 Å². The first-order chi connectivity index (χ1) is 28.2. The van der Waals surface area contributed by atoms with Crippen LogP contribution in [0.3, 0.4) is 0 Å². The molecule has 6 fully saturated rings. The number of nitrogens with one attached hydrogen (secondary N) is 1. The van der Waals surface area contributed by atoms with Crippen molar-refractivity contribution in [1.29, 1.82) is 0 Å². The molecule has 1 unspecified atom stereocenters. The van der Waals surface area contributed by atoms with E-state index in [1.54, 1.807) is 0 Å². The summed E-state index contributed by atoms with van der Waals surface area (Å²) in [4.78, 5) is 37.6. The van der Waals surface area contributed by atoms with Gasteiger partial charge in [-0.25, -0.2) is 9.59 Å². The van der Waals surface area contributed by atoms with Crippen molar-refractivity contribution in [2.24, 2.45) is 17.8 Å². The largest absolute Gasteiger partial charge is 0.508 e. The highest BCUT2D eigenvalue weighted by Crippen LogP contribution is 2.84. The summed E-state index contributed by atoms with van der Waals surface area (Å²) in [5, 5.41) is 3.68. The van der Waals surface area contributed by atoms with Gasteiger partial charge in [-0.05, 0) is 50.0 Å². The number of hydrogen-bond acceptors (Lipinski definition) is 16. The van der Waals surface area contributed by atoms with Gasteiger partial charge in [-0.2, -0.15) is 0 Å². The lowest BCUT2D eigenvalue weighted by molar-refractivity contribution is -0.136. The number of epoxide rings is 3. The molecule has 3 aliphatic carbocycles. The van der Waals surface area contributed by atoms with Gasteiger partial charge in [0, 0.05) is 41.4 Å². The molecule has 8 aliphatic rings. The number of fused-ring (bicyclic) bond motifs is 2. The Morgan fingerprint density at radius 3 is 2.28 bits per heavy atom. The SMILES string of the molecule is CC(C)[C@]12O[C@H]1[C@H](C)[C@@]13O[C@@]14CCC1=C(COC1=O)[C@@H]4C[C@@H]1O[C@@]13[C@@H]2OC(=O)OCCOCCOCCOCCOCCOCCNC(=O)CCCCC1CCSS1. The van der Waals surface area contributed by atoms with Crippen molar-refractivity contribution in [3.05, 3.63) is 11.1 Å². The quantitative estimate of drug-likeness (QED) is 0.0599. The van der Waals surface area contributed by atoms with Crippen molar-refractivity contribution in [1.82, 2.24) is 5.32 Å². The molecular weight excluding hydrogens is 795 g/mol. The second-order valence-electron chi connectivity index (χ2n) is 16.9. The van der Waals surface area contributed by atoms with Gasteiger partial charge in [0.05, 0.1) is 78.3 Å². The monoisotopic (exact) mass is 855 g/mol. The number of carbonyl (C=O) groups is 3. The molecule has 0 aromatic heterocycles. The van der Waals surface area contributed by atoms with Gasteiger partial charge in [0.2, 0.25) is 5.91 Å². The minimum atomic E-state index is -0.825. The number of cyclic esters (lactones) is 1. The van der Waals surface area contributed by atoms with Crippen molar-refractivity contribution in [3.8, 4) is 0 Å². The fraction of sp³-hybridized carbons (Fsp3) is 0.878. The lowest BCUT2D eigenvalue weighted by Gasteiger charge is -2.47. The van der Waals surface area contributed by atoms with Crippen LogP contribution in [-0.2, 0) is 61.7 Å². The summed E-state index contributed by atoms with van der Waals surface area (Å²) in [7, 11) is 3.96. The van der Waals surface area contributed by atoms with Crippen molar-refractivity contribution in [2.45, 2.75) is 118 Å². The van der Waals surface area contributed by atoms with Crippen molar-refractivity contribution in [3.63, 3.8) is 0 Å². The Kier molecular flexibility index (Phi) is 13.6. The summed E-state index contributed by atoms with van der Waals surface area (Å²) in [6.45, 7) is 11.3. The molecule has 0 aromatic rings. The van der Waals surface area contributed by atoms with Gasteiger partial charge < -0.3 is 57.4 Å². The smallest absolute Gasteiger partial charge is 0.458 e. The zero-order valence-corrected chi connectivity index (χ0v) is 35.8. The molecule has 1 amide bonds. The summed E-state index contributed by atoms with van der Waals surface area (Å²) in [6.07, 6.45) is 5.35. The molecule has 2 saturated carbocycles. The second kappa shape index (κ2) is 18.4. The number of unbranched alkanes of at least 4 members (excludes halogenated alkanes) is 1. The number of carbonyl (C=O) groups excluding carboxylic acids is 3. The third-order valence-electron chi connectivity index (χ3n) is 13.6. The highest BCUT2D eigenvalue weighted by atomic mass is 33.1. The van der Waals surface area contributed by atoms with E-state index in [1.165, 1.54) is 18.6 Å². The Bertz CT molecular complexity index is 1530. The Labute approximate surface area is 349 Å².